The van der Waals surface area contributed by atoms with E-state index in [1.807, 2.05) is 42.5 Å². The summed E-state index contributed by atoms with van der Waals surface area (Å²) >= 11 is 1.50. The molecule has 9 nitrogen and oxygen atoms in total. The second-order valence-electron chi connectivity index (χ2n) is 9.04. The van der Waals surface area contributed by atoms with Crippen molar-refractivity contribution in [3.8, 4) is 11.6 Å². The van der Waals surface area contributed by atoms with Crippen molar-refractivity contribution in [1.29, 1.82) is 0 Å². The number of nitrogens with one attached hydrogen (secondary N) is 2. The Morgan fingerprint density at radius 1 is 1.22 bits per heavy atom. The number of fused-ring (bicyclic) bond motifs is 4. The lowest BCUT2D eigenvalue weighted by Gasteiger charge is -2.20. The third-order valence-electron chi connectivity index (χ3n) is 6.72. The lowest BCUT2D eigenvalue weighted by Crippen LogP contribution is -2.32. The van der Waals surface area contributed by atoms with E-state index in [1.54, 1.807) is 12.0 Å². The molecule has 4 heterocycles. The van der Waals surface area contributed by atoms with Gasteiger partial charge in [-0.05, 0) is 49.4 Å². The molecule has 10 heteroatoms. The third-order valence-corrected chi connectivity index (χ3v) is 7.79. The highest BCUT2D eigenvalue weighted by Crippen LogP contribution is 2.40. The SMILES string of the molecule is COc1ccc2ccc3c(c2n1)[C@@H](CCNC[C@@H]1CN(c2ccc4c(c2)NC(=O)CS4)C(=O)O1)CO3. The highest BCUT2D eigenvalue weighted by atomic mass is 32.2. The first-order valence-electron chi connectivity index (χ1n) is 11.9. The van der Waals surface area contributed by atoms with E-state index in [0.29, 0.717) is 31.3 Å². The molecular formula is C26H26N4O5S. The molecule has 1 saturated heterocycles. The minimum Gasteiger partial charge on any atom is -0.493 e. The molecule has 3 aromatic rings. The summed E-state index contributed by atoms with van der Waals surface area (Å²) in [5.41, 5.74) is 3.51. The summed E-state index contributed by atoms with van der Waals surface area (Å²) < 4.78 is 16.8. The molecule has 2 amide bonds. The molecular weight excluding hydrogens is 480 g/mol. The van der Waals surface area contributed by atoms with E-state index >= 15 is 0 Å². The maximum atomic E-state index is 12.5. The molecule has 0 spiro atoms. The standard InChI is InChI=1S/C26H26N4O5S/c1-33-23-7-3-15-2-5-20-24(25(15)29-23)16(13-34-20)8-9-27-11-18-12-30(26(32)35-18)17-4-6-21-19(10-17)28-22(31)14-36-21/h2-7,10,16,18,27H,8-9,11-14H2,1H3,(H,28,31)/t16-,18+/m0/s1. The van der Waals surface area contributed by atoms with Gasteiger partial charge in [0.15, 0.2) is 0 Å². The van der Waals surface area contributed by atoms with Crippen molar-refractivity contribution in [1.82, 2.24) is 10.3 Å². The predicted octanol–water partition coefficient (Wildman–Crippen LogP) is 3.77. The lowest BCUT2D eigenvalue weighted by molar-refractivity contribution is -0.113. The minimum absolute atomic E-state index is 0.0334. The van der Waals surface area contributed by atoms with Crippen molar-refractivity contribution < 1.29 is 23.8 Å². The molecule has 2 aromatic carbocycles. The van der Waals surface area contributed by atoms with Crippen molar-refractivity contribution in [3.63, 3.8) is 0 Å². The van der Waals surface area contributed by atoms with Gasteiger partial charge in [0.2, 0.25) is 11.8 Å². The number of carbonyl (C=O) groups is 2. The molecule has 3 aliphatic rings. The van der Waals surface area contributed by atoms with Crippen LogP contribution in [0.4, 0.5) is 16.2 Å². The van der Waals surface area contributed by atoms with Crippen LogP contribution in [-0.2, 0) is 9.53 Å². The summed E-state index contributed by atoms with van der Waals surface area (Å²) in [6.45, 7) is 2.38. The highest BCUT2D eigenvalue weighted by Gasteiger charge is 2.33. The van der Waals surface area contributed by atoms with Crippen LogP contribution in [0.15, 0.2) is 47.4 Å². The summed E-state index contributed by atoms with van der Waals surface area (Å²) in [5.74, 6) is 2.07. The topological polar surface area (TPSA) is 102 Å². The number of benzene rings is 2. The summed E-state index contributed by atoms with van der Waals surface area (Å²) in [6, 6.07) is 13.6. The number of cyclic esters (lactones) is 1. The predicted molar refractivity (Wildman–Crippen MR) is 137 cm³/mol. The Bertz CT molecular complexity index is 1350. The van der Waals surface area contributed by atoms with Crippen LogP contribution in [-0.4, -0.2) is 62.2 Å². The number of thioether (sulfide) groups is 1. The fourth-order valence-electron chi connectivity index (χ4n) is 4.93. The van der Waals surface area contributed by atoms with Crippen molar-refractivity contribution in [2.24, 2.45) is 0 Å². The van der Waals surface area contributed by atoms with E-state index < -0.39 is 0 Å². The van der Waals surface area contributed by atoms with Crippen molar-refractivity contribution in [3.05, 3.63) is 48.0 Å². The molecule has 3 aliphatic heterocycles. The van der Waals surface area contributed by atoms with Crippen LogP contribution in [0.2, 0.25) is 0 Å². The van der Waals surface area contributed by atoms with Gasteiger partial charge < -0.3 is 24.8 Å². The van der Waals surface area contributed by atoms with Crippen molar-refractivity contribution in [2.45, 2.75) is 23.3 Å². The summed E-state index contributed by atoms with van der Waals surface area (Å²) in [4.78, 5) is 31.5. The number of nitrogens with zero attached hydrogens (tertiary/aromatic N) is 2. The van der Waals surface area contributed by atoms with Crippen molar-refractivity contribution in [2.75, 3.05) is 49.3 Å². The van der Waals surface area contributed by atoms with Gasteiger partial charge in [-0.25, -0.2) is 9.78 Å². The van der Waals surface area contributed by atoms with E-state index in [-0.39, 0.29) is 24.0 Å². The van der Waals surface area contributed by atoms with Gasteiger partial charge in [-0.15, -0.1) is 11.8 Å². The third kappa shape index (κ3) is 4.31. The number of rotatable bonds is 7. The van der Waals surface area contributed by atoms with E-state index in [2.05, 4.69) is 15.6 Å². The number of anilines is 2. The molecule has 2 N–H and O–H groups in total. The monoisotopic (exact) mass is 506 g/mol. The molecule has 6 rings (SSSR count). The number of carbonyl (C=O) groups excluding carboxylic acids is 2. The van der Waals surface area contributed by atoms with Crippen LogP contribution in [0.3, 0.4) is 0 Å². The molecule has 1 aromatic heterocycles. The van der Waals surface area contributed by atoms with Crippen LogP contribution >= 0.6 is 11.8 Å². The Hall–Kier alpha value is -3.50. The van der Waals surface area contributed by atoms with Crippen LogP contribution in [0.25, 0.3) is 10.9 Å². The number of methoxy groups -OCH3 is 1. The Morgan fingerprint density at radius 2 is 2.11 bits per heavy atom. The fraction of sp³-hybridized carbons (Fsp3) is 0.346. The molecule has 36 heavy (non-hydrogen) atoms. The average molecular weight is 507 g/mol. The first kappa shape index (κ1) is 22.9. The normalized spacial score (nSPS) is 20.5. The zero-order chi connectivity index (χ0) is 24.6. The van der Waals surface area contributed by atoms with Crippen LogP contribution < -0.4 is 25.0 Å². The van der Waals surface area contributed by atoms with Gasteiger partial charge in [-0.2, -0.15) is 0 Å². The molecule has 0 aliphatic carbocycles. The molecule has 186 valence electrons. The van der Waals surface area contributed by atoms with Gasteiger partial charge in [0.05, 0.1) is 37.2 Å². The molecule has 0 radical (unpaired) electrons. The average Bonchev–Trinajstić information content (AvgIpc) is 3.49. The van der Waals surface area contributed by atoms with E-state index in [9.17, 15) is 9.59 Å². The second-order valence-corrected chi connectivity index (χ2v) is 10.1. The molecule has 0 bridgehead atoms. The molecule has 0 saturated carbocycles. The van der Waals surface area contributed by atoms with Gasteiger partial charge >= 0.3 is 6.09 Å². The zero-order valence-electron chi connectivity index (χ0n) is 19.8. The van der Waals surface area contributed by atoms with E-state index in [1.165, 1.54) is 11.8 Å². The summed E-state index contributed by atoms with van der Waals surface area (Å²) in [7, 11) is 1.62. The van der Waals surface area contributed by atoms with E-state index in [4.69, 9.17) is 14.2 Å². The highest BCUT2D eigenvalue weighted by molar-refractivity contribution is 8.00. The maximum absolute atomic E-state index is 12.5. The quantitative estimate of drug-likeness (QED) is 0.467. The fourth-order valence-corrected chi connectivity index (χ4v) is 5.72. The van der Waals surface area contributed by atoms with Gasteiger partial charge in [0, 0.05) is 40.1 Å². The van der Waals surface area contributed by atoms with E-state index in [0.717, 1.165) is 51.5 Å². The molecule has 2 atom stereocenters. The minimum atomic E-state index is -0.374. The number of hydrogen-bond acceptors (Lipinski definition) is 8. The Morgan fingerprint density at radius 3 is 3.00 bits per heavy atom. The van der Waals surface area contributed by atoms with Gasteiger partial charge in [-0.1, -0.05) is 0 Å². The molecule has 1 fully saturated rings. The Kier molecular flexibility index (Phi) is 6.06. The summed E-state index contributed by atoms with van der Waals surface area (Å²) in [6.07, 6.45) is 0.245. The van der Waals surface area contributed by atoms with Crippen LogP contribution in [0.5, 0.6) is 11.6 Å². The zero-order valence-corrected chi connectivity index (χ0v) is 20.6. The Labute approximate surface area is 212 Å². The Balaban J connectivity index is 1.05. The number of aromatic nitrogens is 1. The number of hydrogen-bond donors (Lipinski definition) is 2. The maximum Gasteiger partial charge on any atom is 0.414 e. The number of ether oxygens (including phenoxy) is 3. The number of pyridine rings is 1. The van der Waals surface area contributed by atoms with Crippen LogP contribution in [0.1, 0.15) is 17.9 Å². The van der Waals surface area contributed by atoms with Crippen LogP contribution in [0, 0.1) is 0 Å². The smallest absolute Gasteiger partial charge is 0.414 e. The largest absolute Gasteiger partial charge is 0.493 e. The van der Waals surface area contributed by atoms with Crippen molar-refractivity contribution >= 4 is 46.0 Å². The first-order chi connectivity index (χ1) is 17.6. The lowest BCUT2D eigenvalue weighted by atomic mass is 9.95. The molecule has 0 unspecified atom stereocenters. The number of amides is 2. The second kappa shape index (κ2) is 9.51. The van der Waals surface area contributed by atoms with Gasteiger partial charge in [-0.3, -0.25) is 9.69 Å². The first-order valence-corrected chi connectivity index (χ1v) is 12.9. The summed E-state index contributed by atoms with van der Waals surface area (Å²) in [5, 5.41) is 7.38. The van der Waals surface area contributed by atoms with Gasteiger partial charge in [0.25, 0.3) is 0 Å². The van der Waals surface area contributed by atoms with Gasteiger partial charge in [0.1, 0.15) is 11.9 Å².